The first-order chi connectivity index (χ1) is 11.7. The van der Waals surface area contributed by atoms with E-state index in [1.54, 1.807) is 7.11 Å². The Morgan fingerprint density at radius 2 is 2.00 bits per heavy atom. The number of halogens is 1. The van der Waals surface area contributed by atoms with E-state index in [2.05, 4.69) is 17.4 Å². The van der Waals surface area contributed by atoms with Crippen molar-refractivity contribution in [3.05, 3.63) is 64.7 Å². The minimum absolute atomic E-state index is 0.450. The molecule has 0 saturated heterocycles. The summed E-state index contributed by atoms with van der Waals surface area (Å²) in [6, 6.07) is 16.2. The number of hydrogen-bond acceptors (Lipinski definition) is 3. The molecule has 2 aromatic carbocycles. The summed E-state index contributed by atoms with van der Waals surface area (Å²) in [6.07, 6.45) is 2.90. The first-order valence-electron chi connectivity index (χ1n) is 8.46. The van der Waals surface area contributed by atoms with Gasteiger partial charge in [-0.1, -0.05) is 35.9 Å². The standard InChI is InChI=1S/C20H24ClNO2/c1-24-19-9-6-14(7-10-19)15-5-8-18(12-15)22-13-20(23)16-3-2-4-17(21)11-16/h2-4,6-7,9-11,15,18,20,22-23H,5,8,12-13H2,1H3/t15?,18?,20-/m0/s1. The van der Waals surface area contributed by atoms with Crippen LogP contribution in [0.25, 0.3) is 0 Å². The van der Waals surface area contributed by atoms with Crippen LogP contribution in [0.2, 0.25) is 5.02 Å². The molecule has 3 nitrogen and oxygen atoms in total. The van der Waals surface area contributed by atoms with Crippen LogP contribution >= 0.6 is 11.6 Å². The van der Waals surface area contributed by atoms with Crippen LogP contribution in [0.15, 0.2) is 48.5 Å². The third-order valence-electron chi connectivity index (χ3n) is 4.85. The minimum atomic E-state index is -0.524. The zero-order valence-corrected chi connectivity index (χ0v) is 14.7. The van der Waals surface area contributed by atoms with Crippen molar-refractivity contribution in [1.29, 1.82) is 0 Å². The van der Waals surface area contributed by atoms with Crippen molar-refractivity contribution in [3.8, 4) is 5.75 Å². The Bertz CT molecular complexity index is 659. The molecule has 1 fully saturated rings. The highest BCUT2D eigenvalue weighted by atomic mass is 35.5. The second kappa shape index (κ2) is 8.02. The third-order valence-corrected chi connectivity index (χ3v) is 5.09. The summed E-state index contributed by atoms with van der Waals surface area (Å²) in [7, 11) is 1.69. The normalized spacial score (nSPS) is 21.6. The Hall–Kier alpha value is -1.55. The predicted molar refractivity (Wildman–Crippen MR) is 97.8 cm³/mol. The fraction of sp³-hybridized carbons (Fsp3) is 0.400. The zero-order valence-electron chi connectivity index (χ0n) is 13.9. The molecule has 0 heterocycles. The molecule has 0 spiro atoms. The van der Waals surface area contributed by atoms with E-state index >= 15 is 0 Å². The van der Waals surface area contributed by atoms with E-state index in [0.717, 1.165) is 24.2 Å². The number of aliphatic hydroxyl groups excluding tert-OH is 1. The van der Waals surface area contributed by atoms with Gasteiger partial charge in [0.05, 0.1) is 13.2 Å². The fourth-order valence-corrected chi connectivity index (χ4v) is 3.65. The first kappa shape index (κ1) is 17.3. The third kappa shape index (κ3) is 4.29. The molecule has 0 aromatic heterocycles. The molecule has 1 aliphatic rings. The molecule has 3 rings (SSSR count). The van der Waals surface area contributed by atoms with Gasteiger partial charge in [0.1, 0.15) is 5.75 Å². The van der Waals surface area contributed by atoms with Crippen LogP contribution < -0.4 is 10.1 Å². The molecule has 0 bridgehead atoms. The molecule has 0 aliphatic heterocycles. The molecule has 2 unspecified atom stereocenters. The average Bonchev–Trinajstić information content (AvgIpc) is 3.09. The molecular formula is C20H24ClNO2. The summed E-state index contributed by atoms with van der Waals surface area (Å²) in [5.74, 6) is 1.48. The van der Waals surface area contributed by atoms with Gasteiger partial charge in [-0.15, -0.1) is 0 Å². The van der Waals surface area contributed by atoms with Gasteiger partial charge in [0.25, 0.3) is 0 Å². The fourth-order valence-electron chi connectivity index (χ4n) is 3.46. The summed E-state index contributed by atoms with van der Waals surface area (Å²) in [4.78, 5) is 0. The Kier molecular flexibility index (Phi) is 5.77. The summed E-state index contributed by atoms with van der Waals surface area (Å²) in [6.45, 7) is 0.556. The summed E-state index contributed by atoms with van der Waals surface area (Å²) in [5.41, 5.74) is 2.23. The lowest BCUT2D eigenvalue weighted by Gasteiger charge is -2.17. The maximum Gasteiger partial charge on any atom is 0.118 e. The van der Waals surface area contributed by atoms with Crippen LogP contribution in [0, 0.1) is 0 Å². The molecule has 2 N–H and O–H groups in total. The van der Waals surface area contributed by atoms with E-state index in [0.29, 0.717) is 23.5 Å². The van der Waals surface area contributed by atoms with Crippen molar-refractivity contribution in [1.82, 2.24) is 5.32 Å². The average molecular weight is 346 g/mol. The molecule has 4 heteroatoms. The molecule has 1 aliphatic carbocycles. The second-order valence-electron chi connectivity index (χ2n) is 6.46. The topological polar surface area (TPSA) is 41.5 Å². The highest BCUT2D eigenvalue weighted by Gasteiger charge is 2.26. The van der Waals surface area contributed by atoms with Crippen molar-refractivity contribution < 1.29 is 9.84 Å². The van der Waals surface area contributed by atoms with Gasteiger partial charge >= 0.3 is 0 Å². The zero-order chi connectivity index (χ0) is 16.9. The summed E-state index contributed by atoms with van der Waals surface area (Å²) < 4.78 is 5.22. The van der Waals surface area contributed by atoms with Crippen LogP contribution in [0.1, 0.15) is 42.4 Å². The highest BCUT2D eigenvalue weighted by molar-refractivity contribution is 6.30. The molecular weight excluding hydrogens is 322 g/mol. The number of hydrogen-bond donors (Lipinski definition) is 2. The van der Waals surface area contributed by atoms with Crippen LogP contribution in [-0.2, 0) is 0 Å². The summed E-state index contributed by atoms with van der Waals surface area (Å²) >= 11 is 5.98. The lowest BCUT2D eigenvalue weighted by molar-refractivity contribution is 0.170. The molecule has 24 heavy (non-hydrogen) atoms. The minimum Gasteiger partial charge on any atom is -0.497 e. The maximum absolute atomic E-state index is 10.3. The molecule has 1 saturated carbocycles. The van der Waals surface area contributed by atoms with Gasteiger partial charge in [-0.25, -0.2) is 0 Å². The van der Waals surface area contributed by atoms with Crippen LogP contribution in [0.3, 0.4) is 0 Å². The number of ether oxygens (including phenoxy) is 1. The maximum atomic E-state index is 10.3. The van der Waals surface area contributed by atoms with Gasteiger partial charge in [-0.3, -0.25) is 0 Å². The lowest BCUT2D eigenvalue weighted by Crippen LogP contribution is -2.30. The number of aliphatic hydroxyl groups is 1. The van der Waals surface area contributed by atoms with Gasteiger partial charge in [-0.2, -0.15) is 0 Å². The smallest absolute Gasteiger partial charge is 0.118 e. The molecule has 128 valence electrons. The van der Waals surface area contributed by atoms with Crippen molar-refractivity contribution in [3.63, 3.8) is 0 Å². The van der Waals surface area contributed by atoms with E-state index in [4.69, 9.17) is 16.3 Å². The van der Waals surface area contributed by atoms with Gasteiger partial charge in [0.2, 0.25) is 0 Å². The van der Waals surface area contributed by atoms with E-state index in [9.17, 15) is 5.11 Å². The number of benzene rings is 2. The quantitative estimate of drug-likeness (QED) is 0.819. The number of rotatable bonds is 6. The lowest BCUT2D eigenvalue weighted by atomic mass is 9.97. The van der Waals surface area contributed by atoms with Crippen molar-refractivity contribution in [2.24, 2.45) is 0 Å². The molecule has 0 amide bonds. The Morgan fingerprint density at radius 1 is 1.21 bits per heavy atom. The van der Waals surface area contributed by atoms with Gasteiger partial charge in [0.15, 0.2) is 0 Å². The van der Waals surface area contributed by atoms with E-state index in [1.807, 2.05) is 36.4 Å². The number of methoxy groups -OCH3 is 1. The Balaban J connectivity index is 1.50. The molecule has 2 aromatic rings. The van der Waals surface area contributed by atoms with Gasteiger partial charge < -0.3 is 15.2 Å². The molecule has 0 radical (unpaired) electrons. The number of nitrogens with one attached hydrogen (secondary N) is 1. The van der Waals surface area contributed by atoms with E-state index < -0.39 is 6.10 Å². The van der Waals surface area contributed by atoms with Crippen LogP contribution in [-0.4, -0.2) is 24.8 Å². The summed E-state index contributed by atoms with van der Waals surface area (Å²) in [5, 5.41) is 14.5. The largest absolute Gasteiger partial charge is 0.497 e. The highest BCUT2D eigenvalue weighted by Crippen LogP contribution is 2.35. The van der Waals surface area contributed by atoms with Gasteiger partial charge in [-0.05, 0) is 60.6 Å². The predicted octanol–water partition coefficient (Wildman–Crippen LogP) is 4.31. The van der Waals surface area contributed by atoms with Crippen LogP contribution in [0.5, 0.6) is 5.75 Å². The SMILES string of the molecule is COc1ccc(C2CCC(NC[C@H](O)c3cccc(Cl)c3)C2)cc1. The monoisotopic (exact) mass is 345 g/mol. The van der Waals surface area contributed by atoms with Crippen molar-refractivity contribution in [2.45, 2.75) is 37.3 Å². The Labute approximate surface area is 148 Å². The van der Waals surface area contributed by atoms with Crippen molar-refractivity contribution >= 4 is 11.6 Å². The molecule has 3 atom stereocenters. The Morgan fingerprint density at radius 3 is 2.71 bits per heavy atom. The second-order valence-corrected chi connectivity index (χ2v) is 6.90. The van der Waals surface area contributed by atoms with E-state index in [1.165, 1.54) is 12.0 Å². The van der Waals surface area contributed by atoms with E-state index in [-0.39, 0.29) is 0 Å². The van der Waals surface area contributed by atoms with Gasteiger partial charge in [0, 0.05) is 17.6 Å². The van der Waals surface area contributed by atoms with Crippen molar-refractivity contribution in [2.75, 3.05) is 13.7 Å². The first-order valence-corrected chi connectivity index (χ1v) is 8.84. The van der Waals surface area contributed by atoms with Crippen LogP contribution in [0.4, 0.5) is 0 Å².